The van der Waals surface area contributed by atoms with Crippen molar-refractivity contribution < 1.29 is 29.0 Å². The molecule has 3 fully saturated rings. The fraction of sp³-hybridized carbons (Fsp3) is 0.486. The average molecular weight is 630 g/mol. The summed E-state index contributed by atoms with van der Waals surface area (Å²) in [5.74, 6) is -1.34. The summed E-state index contributed by atoms with van der Waals surface area (Å²) >= 11 is 0. The van der Waals surface area contributed by atoms with E-state index in [0.29, 0.717) is 63.4 Å². The molecular weight excluding hydrogens is 582 g/mol. The van der Waals surface area contributed by atoms with Crippen LogP contribution >= 0.6 is 0 Å². The first kappa shape index (κ1) is 33.4. The minimum absolute atomic E-state index is 0.125. The molecule has 0 aromatic heterocycles. The van der Waals surface area contributed by atoms with E-state index >= 15 is 0 Å². The number of anilines is 1. The van der Waals surface area contributed by atoms with Gasteiger partial charge in [0, 0.05) is 38.5 Å². The highest BCUT2D eigenvalue weighted by Crippen LogP contribution is 2.59. The van der Waals surface area contributed by atoms with Gasteiger partial charge < -0.3 is 29.3 Å². The number of fused-ring (bicyclic) bond motifs is 1. The van der Waals surface area contributed by atoms with Gasteiger partial charge in [-0.1, -0.05) is 55.3 Å². The second-order valence-electron chi connectivity index (χ2n) is 12.4. The van der Waals surface area contributed by atoms with Gasteiger partial charge in [0.2, 0.25) is 17.7 Å². The predicted octanol–water partition coefficient (Wildman–Crippen LogP) is 4.75. The Labute approximate surface area is 272 Å². The van der Waals surface area contributed by atoms with Crippen LogP contribution in [-0.4, -0.2) is 83.2 Å². The Kier molecular flexibility index (Phi) is 11.0. The number of nitrogens with zero attached hydrogens (tertiary/aromatic N) is 3. The molecule has 2 aromatic carbocycles. The number of aliphatic hydroxyl groups is 1. The van der Waals surface area contributed by atoms with Crippen LogP contribution in [0.4, 0.5) is 5.69 Å². The monoisotopic (exact) mass is 629 g/mol. The number of hydrogen-bond donors (Lipinski definition) is 1. The fourth-order valence-electron chi connectivity index (χ4n) is 7.59. The van der Waals surface area contributed by atoms with Gasteiger partial charge in [0.1, 0.15) is 17.4 Å². The van der Waals surface area contributed by atoms with E-state index in [0.717, 1.165) is 18.4 Å². The normalized spacial score (nSPS) is 24.5. The number of hydrogen-bond acceptors (Lipinski definition) is 6. The second-order valence-corrected chi connectivity index (χ2v) is 12.4. The van der Waals surface area contributed by atoms with Gasteiger partial charge in [0.25, 0.3) is 0 Å². The van der Waals surface area contributed by atoms with E-state index in [1.807, 2.05) is 61.5 Å². The molecule has 2 aromatic rings. The Balaban J connectivity index is 1.47. The van der Waals surface area contributed by atoms with Crippen molar-refractivity contribution in [3.63, 3.8) is 0 Å². The second kappa shape index (κ2) is 15.1. The van der Waals surface area contributed by atoms with Crippen molar-refractivity contribution >= 4 is 23.4 Å². The van der Waals surface area contributed by atoms with Gasteiger partial charge in [-0.05, 0) is 62.4 Å². The molecule has 5 atom stereocenters. The molecule has 1 N–H and O–H groups in total. The van der Waals surface area contributed by atoms with Crippen molar-refractivity contribution in [2.45, 2.75) is 69.7 Å². The summed E-state index contributed by atoms with van der Waals surface area (Å²) < 4.78 is 12.3. The quantitative estimate of drug-likeness (QED) is 0.200. The van der Waals surface area contributed by atoms with Crippen LogP contribution < -0.4 is 9.64 Å². The van der Waals surface area contributed by atoms with E-state index in [9.17, 15) is 19.5 Å². The largest absolute Gasteiger partial charge is 0.494 e. The first-order valence-corrected chi connectivity index (χ1v) is 16.6. The third-order valence-electron chi connectivity index (χ3n) is 9.54. The molecule has 3 aliphatic heterocycles. The Morgan fingerprint density at radius 1 is 1.02 bits per heavy atom. The van der Waals surface area contributed by atoms with Gasteiger partial charge in [0.15, 0.2) is 0 Å². The van der Waals surface area contributed by atoms with Gasteiger partial charge >= 0.3 is 0 Å². The molecule has 246 valence electrons. The van der Waals surface area contributed by atoms with Crippen LogP contribution in [0.1, 0.15) is 51.0 Å². The van der Waals surface area contributed by atoms with E-state index < -0.39 is 29.6 Å². The van der Waals surface area contributed by atoms with E-state index in [-0.39, 0.29) is 30.9 Å². The number of unbranched alkanes of at least 4 members (excludes halogenated alkanes) is 3. The van der Waals surface area contributed by atoms with Crippen molar-refractivity contribution in [1.29, 1.82) is 0 Å². The lowest BCUT2D eigenvalue weighted by molar-refractivity contribution is -0.148. The van der Waals surface area contributed by atoms with Gasteiger partial charge in [-0.3, -0.25) is 14.4 Å². The number of benzene rings is 2. The Hall–Kier alpha value is -3.95. The third-order valence-corrected chi connectivity index (χ3v) is 9.54. The number of amides is 3. The van der Waals surface area contributed by atoms with Crippen molar-refractivity contribution in [2.24, 2.45) is 11.8 Å². The highest BCUT2D eigenvalue weighted by Gasteiger charge is 2.74. The van der Waals surface area contributed by atoms with Gasteiger partial charge in [-0.15, -0.1) is 13.2 Å². The van der Waals surface area contributed by atoms with Crippen LogP contribution in [0.15, 0.2) is 79.9 Å². The number of ether oxygens (including phenoxy) is 2. The standard InChI is InChI=1S/C37H47N3O6/c1-4-22-38(26-27-14-10-9-11-15-27)36(44)33-37-21-20-30(46-37)31(32(37)35(43)40(33)24-12-7-8-13-25-41)34(42)39(23-5-2)28-16-18-29(19-17-28)45-6-3/h4-5,9-11,14-19,30-33,41H,1-2,6-8,12-13,20-26H2,3H3/t30-,31+,32-,33?,37?/m0/s1. The lowest BCUT2D eigenvalue weighted by Crippen LogP contribution is -2.56. The SMILES string of the molecule is C=CCN(Cc1ccccc1)C(=O)C1N(CCCCCCO)C(=O)[C@@H]2[C@H](C(=O)N(CC=C)c3ccc(OCC)cc3)[C@@H]3CCC12O3. The highest BCUT2D eigenvalue weighted by atomic mass is 16.5. The average Bonchev–Trinajstić information content (AvgIpc) is 3.71. The number of rotatable bonds is 17. The molecule has 2 bridgehead atoms. The minimum Gasteiger partial charge on any atom is -0.494 e. The molecule has 0 aliphatic carbocycles. The molecule has 2 unspecified atom stereocenters. The number of aliphatic hydroxyl groups excluding tert-OH is 1. The molecule has 1 spiro atoms. The van der Waals surface area contributed by atoms with Crippen LogP contribution in [0.25, 0.3) is 0 Å². The smallest absolute Gasteiger partial charge is 0.248 e. The van der Waals surface area contributed by atoms with Crippen molar-refractivity contribution in [3.05, 3.63) is 85.5 Å². The molecule has 0 saturated carbocycles. The van der Waals surface area contributed by atoms with Crippen molar-refractivity contribution in [1.82, 2.24) is 9.80 Å². The van der Waals surface area contributed by atoms with E-state index in [1.54, 1.807) is 26.9 Å². The molecule has 3 aliphatic rings. The van der Waals surface area contributed by atoms with Gasteiger partial charge in [0.05, 0.1) is 24.5 Å². The lowest BCUT2D eigenvalue weighted by Gasteiger charge is -2.37. The lowest BCUT2D eigenvalue weighted by atomic mass is 9.70. The fourth-order valence-corrected chi connectivity index (χ4v) is 7.59. The zero-order valence-electron chi connectivity index (χ0n) is 26.9. The first-order chi connectivity index (χ1) is 22.4. The first-order valence-electron chi connectivity index (χ1n) is 16.6. The summed E-state index contributed by atoms with van der Waals surface area (Å²) in [4.78, 5) is 48.7. The topological polar surface area (TPSA) is 99.6 Å². The molecule has 46 heavy (non-hydrogen) atoms. The Bertz CT molecular complexity index is 1380. The Morgan fingerprint density at radius 2 is 1.74 bits per heavy atom. The van der Waals surface area contributed by atoms with Crippen LogP contribution in [0.3, 0.4) is 0 Å². The summed E-state index contributed by atoms with van der Waals surface area (Å²) in [5, 5.41) is 9.24. The summed E-state index contributed by atoms with van der Waals surface area (Å²) in [6.45, 7) is 11.7. The summed E-state index contributed by atoms with van der Waals surface area (Å²) in [5.41, 5.74) is 0.578. The minimum atomic E-state index is -1.08. The Morgan fingerprint density at radius 3 is 2.41 bits per heavy atom. The predicted molar refractivity (Wildman–Crippen MR) is 177 cm³/mol. The maximum absolute atomic E-state index is 14.6. The number of carbonyl (C=O) groups excluding carboxylic acids is 3. The molecule has 9 heteroatoms. The van der Waals surface area contributed by atoms with Crippen LogP contribution in [-0.2, 0) is 25.7 Å². The zero-order valence-corrected chi connectivity index (χ0v) is 26.9. The maximum atomic E-state index is 14.6. The van der Waals surface area contributed by atoms with Gasteiger partial charge in [-0.2, -0.15) is 0 Å². The van der Waals surface area contributed by atoms with E-state index in [1.165, 1.54) is 0 Å². The molecule has 3 amide bonds. The van der Waals surface area contributed by atoms with Crippen LogP contribution in [0.5, 0.6) is 5.75 Å². The molecule has 3 saturated heterocycles. The number of carbonyl (C=O) groups is 3. The molecule has 5 rings (SSSR count). The highest BCUT2D eigenvalue weighted by molar-refractivity contribution is 6.03. The molecular formula is C37H47N3O6. The van der Waals surface area contributed by atoms with Crippen molar-refractivity contribution in [3.8, 4) is 5.75 Å². The molecule has 0 radical (unpaired) electrons. The van der Waals surface area contributed by atoms with Crippen LogP contribution in [0, 0.1) is 11.8 Å². The third kappa shape index (κ3) is 6.48. The number of likely N-dealkylation sites (tertiary alicyclic amines) is 1. The summed E-state index contributed by atoms with van der Waals surface area (Å²) in [6.07, 6.45) is 7.09. The van der Waals surface area contributed by atoms with Crippen LogP contribution in [0.2, 0.25) is 0 Å². The molecule has 3 heterocycles. The zero-order chi connectivity index (χ0) is 32.7. The molecule has 9 nitrogen and oxygen atoms in total. The summed E-state index contributed by atoms with van der Waals surface area (Å²) in [6, 6.07) is 16.3. The maximum Gasteiger partial charge on any atom is 0.248 e. The summed E-state index contributed by atoms with van der Waals surface area (Å²) in [7, 11) is 0. The van der Waals surface area contributed by atoms with Crippen molar-refractivity contribution in [2.75, 3.05) is 37.7 Å². The van der Waals surface area contributed by atoms with E-state index in [2.05, 4.69) is 13.2 Å². The van der Waals surface area contributed by atoms with Gasteiger partial charge in [-0.25, -0.2) is 0 Å². The van der Waals surface area contributed by atoms with E-state index in [4.69, 9.17) is 9.47 Å².